The zero-order valence-electron chi connectivity index (χ0n) is 15.8. The maximum Gasteiger partial charge on any atom is 0.251 e. The molecule has 0 saturated carbocycles. The number of rotatable bonds is 4. The van der Waals surface area contributed by atoms with E-state index in [9.17, 15) is 14.0 Å². The summed E-state index contributed by atoms with van der Waals surface area (Å²) >= 11 is 0. The van der Waals surface area contributed by atoms with Crippen LogP contribution in [0.25, 0.3) is 11.5 Å². The van der Waals surface area contributed by atoms with E-state index in [2.05, 4.69) is 15.0 Å². The highest BCUT2D eigenvalue weighted by Crippen LogP contribution is 2.27. The molecular formula is C22H21FN4O2. The van der Waals surface area contributed by atoms with Gasteiger partial charge in [0.25, 0.3) is 5.56 Å². The third-order valence-corrected chi connectivity index (χ3v) is 5.23. The molecule has 1 amide bonds. The van der Waals surface area contributed by atoms with Crippen LogP contribution in [0.4, 0.5) is 4.39 Å². The second-order valence-electron chi connectivity index (χ2n) is 7.16. The van der Waals surface area contributed by atoms with E-state index in [4.69, 9.17) is 0 Å². The first kappa shape index (κ1) is 19.0. The lowest BCUT2D eigenvalue weighted by Crippen LogP contribution is -2.39. The quantitative estimate of drug-likeness (QED) is 0.741. The number of piperidine rings is 1. The van der Waals surface area contributed by atoms with Crippen molar-refractivity contribution in [3.05, 3.63) is 82.2 Å². The number of hydrogen-bond acceptors (Lipinski definition) is 4. The van der Waals surface area contributed by atoms with Crippen LogP contribution in [-0.4, -0.2) is 38.8 Å². The van der Waals surface area contributed by atoms with E-state index in [1.807, 2.05) is 6.07 Å². The molecule has 148 valence electrons. The van der Waals surface area contributed by atoms with Crippen LogP contribution in [0.3, 0.4) is 0 Å². The van der Waals surface area contributed by atoms with Gasteiger partial charge in [0, 0.05) is 31.3 Å². The summed E-state index contributed by atoms with van der Waals surface area (Å²) in [4.78, 5) is 38.0. The van der Waals surface area contributed by atoms with Gasteiger partial charge in [-0.2, -0.15) is 0 Å². The minimum atomic E-state index is -0.356. The monoisotopic (exact) mass is 392 g/mol. The molecule has 4 rings (SSSR count). The highest BCUT2D eigenvalue weighted by Gasteiger charge is 2.25. The van der Waals surface area contributed by atoms with Crippen LogP contribution in [0.5, 0.6) is 0 Å². The third-order valence-electron chi connectivity index (χ3n) is 5.23. The normalized spacial score (nSPS) is 14.7. The molecule has 3 heterocycles. The lowest BCUT2D eigenvalue weighted by Gasteiger charge is -2.32. The van der Waals surface area contributed by atoms with Gasteiger partial charge in [-0.3, -0.25) is 14.6 Å². The zero-order valence-corrected chi connectivity index (χ0v) is 15.8. The molecule has 29 heavy (non-hydrogen) atoms. The van der Waals surface area contributed by atoms with Crippen LogP contribution < -0.4 is 5.56 Å². The topological polar surface area (TPSA) is 79.0 Å². The Morgan fingerprint density at radius 2 is 1.90 bits per heavy atom. The first-order valence-corrected chi connectivity index (χ1v) is 9.64. The zero-order chi connectivity index (χ0) is 20.2. The van der Waals surface area contributed by atoms with E-state index in [0.29, 0.717) is 43.0 Å². The number of benzene rings is 1. The Kier molecular flexibility index (Phi) is 5.46. The number of amides is 1. The molecule has 7 heteroatoms. The highest BCUT2D eigenvalue weighted by molar-refractivity contribution is 5.79. The number of H-pyrrole nitrogens is 1. The van der Waals surface area contributed by atoms with Gasteiger partial charge in [0.05, 0.1) is 12.1 Å². The Bertz CT molecular complexity index is 1060. The van der Waals surface area contributed by atoms with Crippen LogP contribution in [0, 0.1) is 5.82 Å². The number of hydrogen-bond donors (Lipinski definition) is 1. The Morgan fingerprint density at radius 1 is 1.14 bits per heavy atom. The average molecular weight is 392 g/mol. The molecule has 0 aliphatic carbocycles. The number of pyridine rings is 1. The Hall–Kier alpha value is -3.35. The number of carbonyl (C=O) groups is 1. The minimum Gasteiger partial charge on any atom is -0.342 e. The maximum absolute atomic E-state index is 13.8. The fraction of sp³-hybridized carbons (Fsp3) is 0.273. The van der Waals surface area contributed by atoms with E-state index in [-0.39, 0.29) is 29.6 Å². The van der Waals surface area contributed by atoms with Gasteiger partial charge in [0.1, 0.15) is 11.5 Å². The van der Waals surface area contributed by atoms with Crippen molar-refractivity contribution in [2.24, 2.45) is 0 Å². The van der Waals surface area contributed by atoms with Gasteiger partial charge < -0.3 is 9.88 Å². The third kappa shape index (κ3) is 4.39. The van der Waals surface area contributed by atoms with E-state index in [0.717, 1.165) is 5.69 Å². The van der Waals surface area contributed by atoms with Gasteiger partial charge in [0.15, 0.2) is 5.82 Å². The summed E-state index contributed by atoms with van der Waals surface area (Å²) in [6.07, 6.45) is 3.13. The van der Waals surface area contributed by atoms with Crippen molar-refractivity contribution >= 4 is 5.91 Å². The van der Waals surface area contributed by atoms with E-state index in [1.165, 1.54) is 12.1 Å². The van der Waals surface area contributed by atoms with Crippen LogP contribution in [-0.2, 0) is 11.2 Å². The Balaban J connectivity index is 1.43. The number of likely N-dealkylation sites (tertiary alicyclic amines) is 1. The standard InChI is InChI=1S/C22H21FN4O2/c23-17-6-2-1-5-16(17)13-21(29)27-11-8-15(9-12-27)19-14-20(28)26-22(25-19)18-7-3-4-10-24-18/h1-7,10,14-15H,8-9,11-13H2,(H,25,26,28). The van der Waals surface area contributed by atoms with Crippen molar-refractivity contribution in [2.45, 2.75) is 25.2 Å². The van der Waals surface area contributed by atoms with E-state index >= 15 is 0 Å². The molecule has 0 radical (unpaired) electrons. The fourth-order valence-electron chi connectivity index (χ4n) is 3.65. The fourth-order valence-corrected chi connectivity index (χ4v) is 3.65. The van der Waals surface area contributed by atoms with Gasteiger partial charge in [-0.25, -0.2) is 9.37 Å². The molecule has 2 aromatic heterocycles. The number of nitrogens with zero attached hydrogens (tertiary/aromatic N) is 3. The van der Waals surface area contributed by atoms with Gasteiger partial charge in [0.2, 0.25) is 5.91 Å². The molecule has 0 unspecified atom stereocenters. The molecule has 6 nitrogen and oxygen atoms in total. The average Bonchev–Trinajstić information content (AvgIpc) is 2.75. The summed E-state index contributed by atoms with van der Waals surface area (Å²) < 4.78 is 13.8. The largest absolute Gasteiger partial charge is 0.342 e. The number of halogens is 1. The number of aromatic nitrogens is 3. The predicted octanol–water partition coefficient (Wildman–Crippen LogP) is 2.92. The predicted molar refractivity (Wildman–Crippen MR) is 107 cm³/mol. The lowest BCUT2D eigenvalue weighted by atomic mass is 9.93. The molecule has 0 spiro atoms. The summed E-state index contributed by atoms with van der Waals surface area (Å²) in [5, 5.41) is 0. The lowest BCUT2D eigenvalue weighted by molar-refractivity contribution is -0.131. The first-order chi connectivity index (χ1) is 14.1. The van der Waals surface area contributed by atoms with Crippen molar-refractivity contribution < 1.29 is 9.18 Å². The van der Waals surface area contributed by atoms with Crippen molar-refractivity contribution in [2.75, 3.05) is 13.1 Å². The summed E-state index contributed by atoms with van der Waals surface area (Å²) in [6, 6.07) is 13.3. The highest BCUT2D eigenvalue weighted by atomic mass is 19.1. The molecule has 1 fully saturated rings. The molecule has 0 bridgehead atoms. The number of aromatic amines is 1. The van der Waals surface area contributed by atoms with Crippen molar-refractivity contribution in [3.63, 3.8) is 0 Å². The summed E-state index contributed by atoms with van der Waals surface area (Å²) in [7, 11) is 0. The number of carbonyl (C=O) groups excluding carboxylic acids is 1. The van der Waals surface area contributed by atoms with Gasteiger partial charge in [-0.15, -0.1) is 0 Å². The van der Waals surface area contributed by atoms with Crippen LogP contribution in [0.15, 0.2) is 59.5 Å². The van der Waals surface area contributed by atoms with Crippen LogP contribution in [0.2, 0.25) is 0 Å². The molecule has 0 atom stereocenters. The summed E-state index contributed by atoms with van der Waals surface area (Å²) in [6.45, 7) is 1.12. The molecule has 1 N–H and O–H groups in total. The molecule has 1 aliphatic rings. The van der Waals surface area contributed by atoms with Crippen molar-refractivity contribution in [3.8, 4) is 11.5 Å². The molecule has 1 aliphatic heterocycles. The SMILES string of the molecule is O=C(Cc1ccccc1F)N1CCC(c2cc(=O)[nH]c(-c3ccccn3)n2)CC1. The second kappa shape index (κ2) is 8.34. The maximum atomic E-state index is 13.8. The summed E-state index contributed by atoms with van der Waals surface area (Å²) in [5.74, 6) is 0.107. The van der Waals surface area contributed by atoms with Crippen molar-refractivity contribution in [1.29, 1.82) is 0 Å². The van der Waals surface area contributed by atoms with Gasteiger partial charge in [-0.1, -0.05) is 24.3 Å². The summed E-state index contributed by atoms with van der Waals surface area (Å²) in [5.41, 5.74) is 1.53. The van der Waals surface area contributed by atoms with E-state index in [1.54, 1.807) is 41.4 Å². The van der Waals surface area contributed by atoms with Crippen molar-refractivity contribution in [1.82, 2.24) is 19.9 Å². The number of nitrogens with one attached hydrogen (secondary N) is 1. The van der Waals surface area contributed by atoms with Gasteiger partial charge in [-0.05, 0) is 36.6 Å². The second-order valence-corrected chi connectivity index (χ2v) is 7.16. The minimum absolute atomic E-state index is 0.0599. The molecule has 1 saturated heterocycles. The molecule has 3 aromatic rings. The van der Waals surface area contributed by atoms with E-state index < -0.39 is 0 Å². The van der Waals surface area contributed by atoms with Crippen LogP contribution in [0.1, 0.15) is 30.0 Å². The molecular weight excluding hydrogens is 371 g/mol. The Labute approximate surface area is 167 Å². The Morgan fingerprint density at radius 3 is 2.62 bits per heavy atom. The first-order valence-electron chi connectivity index (χ1n) is 9.64. The smallest absolute Gasteiger partial charge is 0.251 e. The van der Waals surface area contributed by atoms with Gasteiger partial charge >= 0.3 is 0 Å². The van der Waals surface area contributed by atoms with Crippen LogP contribution >= 0.6 is 0 Å². The molecule has 1 aromatic carbocycles.